The summed E-state index contributed by atoms with van der Waals surface area (Å²) in [5.74, 6) is 13.6. The Morgan fingerprint density at radius 2 is 0.923 bits per heavy atom. The van der Waals surface area contributed by atoms with Crippen LogP contribution in [0.5, 0.6) is 0 Å². The van der Waals surface area contributed by atoms with Crippen LogP contribution in [0.4, 0.5) is 0 Å². The third kappa shape index (κ3) is 6.98. The molecule has 2 aliphatic heterocycles. The maximum absolute atomic E-state index is 3.40. The molecule has 0 N–H and O–H groups in total. The molecule has 0 bridgehead atoms. The van der Waals surface area contributed by atoms with Crippen molar-refractivity contribution in [3.05, 3.63) is 0 Å². The molecular weight excluding hydrogens is 316 g/mol. The van der Waals surface area contributed by atoms with Crippen LogP contribution >= 0.6 is 0 Å². The highest BCUT2D eigenvalue weighted by atomic mass is 15.2. The summed E-state index contributed by atoms with van der Waals surface area (Å²) in [4.78, 5) is 5.15. The van der Waals surface area contributed by atoms with Gasteiger partial charge in [0, 0.05) is 37.0 Å². The largest absolute Gasteiger partial charge is 0.287 e. The lowest BCUT2D eigenvalue weighted by molar-refractivity contribution is 0.121. The Morgan fingerprint density at radius 3 is 1.27 bits per heavy atom. The first-order valence-corrected chi connectivity index (χ1v) is 11.0. The van der Waals surface area contributed by atoms with Crippen LogP contribution < -0.4 is 0 Å². The van der Waals surface area contributed by atoms with Gasteiger partial charge in [0.1, 0.15) is 0 Å². The second-order valence-corrected chi connectivity index (χ2v) is 8.52. The molecule has 26 heavy (non-hydrogen) atoms. The zero-order valence-corrected chi connectivity index (χ0v) is 17.7. The molecule has 2 fully saturated rings. The van der Waals surface area contributed by atoms with Crippen molar-refractivity contribution in [1.29, 1.82) is 0 Å². The number of rotatable bonds is 5. The van der Waals surface area contributed by atoms with Gasteiger partial charge in [-0.1, -0.05) is 24.7 Å². The van der Waals surface area contributed by atoms with E-state index in [0.717, 1.165) is 25.9 Å². The Hall–Kier alpha value is -0.960. The zero-order valence-electron chi connectivity index (χ0n) is 17.7. The normalized spacial score (nSPS) is 30.2. The van der Waals surface area contributed by atoms with E-state index in [1.165, 1.54) is 51.4 Å². The molecule has 2 aliphatic rings. The van der Waals surface area contributed by atoms with Gasteiger partial charge in [0.25, 0.3) is 0 Å². The van der Waals surface area contributed by atoms with Crippen molar-refractivity contribution in [2.24, 2.45) is 0 Å². The first kappa shape index (κ1) is 21.3. The molecule has 146 valence electrons. The van der Waals surface area contributed by atoms with Gasteiger partial charge >= 0.3 is 0 Å². The molecular formula is C24H40N2. The summed E-state index contributed by atoms with van der Waals surface area (Å²) in [6.45, 7) is 11.3. The van der Waals surface area contributed by atoms with E-state index in [1.54, 1.807) is 0 Å². The molecule has 2 heteroatoms. The lowest BCUT2D eigenvalue weighted by Gasteiger charge is -2.37. The lowest BCUT2D eigenvalue weighted by atomic mass is 9.98. The summed E-state index contributed by atoms with van der Waals surface area (Å²) >= 11 is 0. The van der Waals surface area contributed by atoms with Crippen LogP contribution in [0.3, 0.4) is 0 Å². The van der Waals surface area contributed by atoms with Gasteiger partial charge in [-0.25, -0.2) is 0 Å². The van der Waals surface area contributed by atoms with E-state index in [-0.39, 0.29) is 0 Å². The number of likely N-dealkylation sites (tertiary alicyclic amines) is 2. The van der Waals surface area contributed by atoms with Crippen molar-refractivity contribution in [3.63, 3.8) is 0 Å². The van der Waals surface area contributed by atoms with E-state index >= 15 is 0 Å². The van der Waals surface area contributed by atoms with Crippen LogP contribution in [0, 0.1) is 23.7 Å². The summed E-state index contributed by atoms with van der Waals surface area (Å²) in [7, 11) is 0. The summed E-state index contributed by atoms with van der Waals surface area (Å²) in [5, 5.41) is 0. The van der Waals surface area contributed by atoms with E-state index in [4.69, 9.17) is 0 Å². The van der Waals surface area contributed by atoms with Gasteiger partial charge in [0.05, 0.1) is 13.1 Å². The molecule has 2 rings (SSSR count). The molecule has 0 radical (unpaired) electrons. The zero-order chi connectivity index (χ0) is 18.8. The predicted molar refractivity (Wildman–Crippen MR) is 113 cm³/mol. The highest BCUT2D eigenvalue weighted by Gasteiger charge is 2.24. The van der Waals surface area contributed by atoms with Gasteiger partial charge in [0.2, 0.25) is 0 Å². The van der Waals surface area contributed by atoms with Crippen LogP contribution in [0.25, 0.3) is 0 Å². The number of nitrogens with zero attached hydrogens (tertiary/aromatic N) is 2. The molecule has 2 saturated heterocycles. The number of hydrogen-bond acceptors (Lipinski definition) is 2. The van der Waals surface area contributed by atoms with Crippen LogP contribution in [-0.2, 0) is 0 Å². The molecule has 0 amide bonds. The highest BCUT2D eigenvalue weighted by molar-refractivity contribution is 5.04. The molecule has 0 spiro atoms. The van der Waals surface area contributed by atoms with Crippen molar-refractivity contribution >= 4 is 0 Å². The minimum absolute atomic E-state index is 0.702. The molecule has 0 aromatic carbocycles. The first-order valence-electron chi connectivity index (χ1n) is 11.0. The van der Waals surface area contributed by atoms with Gasteiger partial charge in [-0.05, 0) is 66.2 Å². The van der Waals surface area contributed by atoms with Crippen LogP contribution in [0.2, 0.25) is 0 Å². The van der Waals surface area contributed by atoms with Crippen molar-refractivity contribution in [2.75, 3.05) is 13.1 Å². The fraction of sp³-hybridized carbons (Fsp3) is 0.833. The Morgan fingerprint density at radius 1 is 0.577 bits per heavy atom. The van der Waals surface area contributed by atoms with Crippen molar-refractivity contribution in [1.82, 2.24) is 9.80 Å². The molecule has 0 saturated carbocycles. The molecule has 0 aromatic heterocycles. The minimum atomic E-state index is 0.702. The molecule has 2 nitrogen and oxygen atoms in total. The molecule has 0 unspecified atom stereocenters. The van der Waals surface area contributed by atoms with Crippen molar-refractivity contribution < 1.29 is 0 Å². The molecule has 4 atom stereocenters. The number of unbranched alkanes of at least 4 members (excludes halogenated alkanes) is 3. The topological polar surface area (TPSA) is 6.48 Å². The smallest absolute Gasteiger partial charge is 0.0606 e. The fourth-order valence-electron chi connectivity index (χ4n) is 4.47. The summed E-state index contributed by atoms with van der Waals surface area (Å²) < 4.78 is 0. The third-order valence-corrected chi connectivity index (χ3v) is 6.38. The van der Waals surface area contributed by atoms with Gasteiger partial charge in [-0.15, -0.1) is 11.8 Å². The maximum Gasteiger partial charge on any atom is 0.0606 e. The van der Waals surface area contributed by atoms with E-state index in [1.807, 2.05) is 0 Å². The minimum Gasteiger partial charge on any atom is -0.287 e. The molecule has 0 aromatic rings. The SMILES string of the molecule is C[C@@H]1CCC[C@H](C)N1CC#CCCCCC#CCN1[C@H](C)CCC[C@@H]1C. The third-order valence-electron chi connectivity index (χ3n) is 6.38. The van der Waals surface area contributed by atoms with Crippen molar-refractivity contribution in [2.45, 2.75) is 116 Å². The average molecular weight is 357 g/mol. The number of hydrogen-bond donors (Lipinski definition) is 0. The number of piperidine rings is 2. The average Bonchev–Trinajstić information content (AvgIpc) is 2.61. The maximum atomic E-state index is 3.40. The van der Waals surface area contributed by atoms with E-state index in [9.17, 15) is 0 Å². The summed E-state index contributed by atoms with van der Waals surface area (Å²) in [6.07, 6.45) is 12.5. The molecule has 0 aliphatic carbocycles. The van der Waals surface area contributed by atoms with Gasteiger partial charge in [-0.2, -0.15) is 0 Å². The van der Waals surface area contributed by atoms with Crippen LogP contribution in [-0.4, -0.2) is 47.1 Å². The van der Waals surface area contributed by atoms with Gasteiger partial charge in [-0.3, -0.25) is 9.80 Å². The van der Waals surface area contributed by atoms with Crippen LogP contribution in [0.1, 0.15) is 91.9 Å². The van der Waals surface area contributed by atoms with Gasteiger partial charge < -0.3 is 0 Å². The lowest BCUT2D eigenvalue weighted by Crippen LogP contribution is -2.43. The molecule has 2 heterocycles. The Balaban J connectivity index is 1.55. The first-order chi connectivity index (χ1) is 12.6. The Labute approximate surface area is 163 Å². The van der Waals surface area contributed by atoms with E-state index in [2.05, 4.69) is 61.2 Å². The van der Waals surface area contributed by atoms with Crippen LogP contribution in [0.15, 0.2) is 0 Å². The highest BCUT2D eigenvalue weighted by Crippen LogP contribution is 2.22. The summed E-state index contributed by atoms with van der Waals surface area (Å²) in [5.41, 5.74) is 0. The van der Waals surface area contributed by atoms with E-state index < -0.39 is 0 Å². The standard InChI is InChI=1S/C24H40N2/c1-21-15-13-16-22(2)25(21)19-11-9-7-5-6-8-10-12-20-26-23(3)17-14-18-24(26)4/h21-24H,5-8,13-20H2,1-4H3/t21-,22+,23-,24+. The van der Waals surface area contributed by atoms with Gasteiger partial charge in [0.15, 0.2) is 0 Å². The monoisotopic (exact) mass is 356 g/mol. The van der Waals surface area contributed by atoms with Crippen molar-refractivity contribution in [3.8, 4) is 23.7 Å². The van der Waals surface area contributed by atoms with E-state index in [0.29, 0.717) is 24.2 Å². The Kier molecular flexibility index (Phi) is 9.60. The second-order valence-electron chi connectivity index (χ2n) is 8.52. The Bertz CT molecular complexity index is 450. The fourth-order valence-corrected chi connectivity index (χ4v) is 4.47. The second kappa shape index (κ2) is 11.7. The summed E-state index contributed by atoms with van der Waals surface area (Å²) in [6, 6.07) is 2.81. The quantitative estimate of drug-likeness (QED) is 0.501. The predicted octanol–water partition coefficient (Wildman–Crippen LogP) is 5.08.